The summed E-state index contributed by atoms with van der Waals surface area (Å²) in [6.07, 6.45) is 4.84. The molecule has 4 heterocycles. The van der Waals surface area contributed by atoms with E-state index in [1.165, 1.54) is 0 Å². The first-order valence-corrected chi connectivity index (χ1v) is 21.5. The molecule has 0 unspecified atom stereocenters. The van der Waals surface area contributed by atoms with Crippen molar-refractivity contribution in [1.82, 2.24) is 9.97 Å². The number of carbonyl (C=O) groups is 3. The molecule has 65 heavy (non-hydrogen) atoms. The van der Waals surface area contributed by atoms with E-state index < -0.39 is 16.8 Å². The van der Waals surface area contributed by atoms with E-state index in [2.05, 4.69) is 52.2 Å². The normalized spacial score (nSPS) is 15.8. The number of aliphatic carboxylic acids is 1. The number of hydrogen-bond acceptors (Lipinski definition) is 9. The minimum absolute atomic E-state index is 0. The molecule has 6 N–H and O–H groups in total. The van der Waals surface area contributed by atoms with E-state index in [0.29, 0.717) is 23.7 Å². The zero-order chi connectivity index (χ0) is 44.1. The Labute approximate surface area is 420 Å². The van der Waals surface area contributed by atoms with Crippen LogP contribution in [-0.2, 0) is 36.0 Å². The van der Waals surface area contributed by atoms with Gasteiger partial charge in [0.05, 0.1) is 10.8 Å². The second-order valence-corrected chi connectivity index (χ2v) is 18.5. The van der Waals surface area contributed by atoms with Gasteiger partial charge < -0.3 is 55.1 Å². The van der Waals surface area contributed by atoms with Crippen molar-refractivity contribution < 1.29 is 95.3 Å². The van der Waals surface area contributed by atoms with Crippen molar-refractivity contribution >= 4 is 57.7 Å². The number of carboxylic acid groups (broad SMARTS) is 1. The molecule has 0 spiro atoms. The SMILES string of the molecule is C=NCCC(C)(C)c1cc2cc(NC(=O)C3(c4ccc5c(c4)OCO5)CC3)ccc2[nH]1.CC(C)(CCC(=O)O)c1cc2cc(NC(=O)C3(c4ccc5c(c4)OCO5)CC3)ccc2[nH]1.[K+].[OH-]. The Morgan fingerprint density at radius 2 is 1.08 bits per heavy atom. The number of benzene rings is 4. The summed E-state index contributed by atoms with van der Waals surface area (Å²) < 4.78 is 21.8. The second kappa shape index (κ2) is 18.6. The number of hydrogen-bond donors (Lipinski definition) is 5. The van der Waals surface area contributed by atoms with Gasteiger partial charge in [-0.1, -0.05) is 39.8 Å². The van der Waals surface area contributed by atoms with Crippen LogP contribution in [0.15, 0.2) is 89.9 Å². The smallest absolute Gasteiger partial charge is 0.870 e. The number of aromatic nitrogens is 2. The predicted molar refractivity (Wildman–Crippen MR) is 245 cm³/mol. The van der Waals surface area contributed by atoms with Crippen molar-refractivity contribution in [1.29, 1.82) is 0 Å². The van der Waals surface area contributed by atoms with Gasteiger partial charge >= 0.3 is 57.4 Å². The van der Waals surface area contributed by atoms with E-state index in [9.17, 15) is 14.4 Å². The van der Waals surface area contributed by atoms with Crippen molar-refractivity contribution in [2.75, 3.05) is 30.8 Å². The van der Waals surface area contributed by atoms with Crippen molar-refractivity contribution in [3.8, 4) is 23.0 Å². The maximum Gasteiger partial charge on any atom is 1.00 e. The van der Waals surface area contributed by atoms with E-state index in [4.69, 9.17) is 24.1 Å². The van der Waals surface area contributed by atoms with E-state index >= 15 is 0 Å². The van der Waals surface area contributed by atoms with Crippen LogP contribution in [0.2, 0.25) is 0 Å². The molecule has 14 nitrogen and oxygen atoms in total. The molecule has 0 saturated heterocycles. The third-order valence-electron chi connectivity index (χ3n) is 13.3. The van der Waals surface area contributed by atoms with Crippen molar-refractivity contribution in [2.45, 2.75) is 94.3 Å². The number of anilines is 2. The first kappa shape index (κ1) is 47.8. The summed E-state index contributed by atoms with van der Waals surface area (Å²) in [5.41, 5.74) is 6.30. The third kappa shape index (κ3) is 9.72. The van der Waals surface area contributed by atoms with E-state index in [1.54, 1.807) is 0 Å². The second-order valence-electron chi connectivity index (χ2n) is 18.5. The summed E-state index contributed by atoms with van der Waals surface area (Å²) in [5, 5.41) is 17.3. The molecule has 4 aliphatic rings. The Bertz CT molecular complexity index is 2780. The van der Waals surface area contributed by atoms with E-state index in [-0.39, 0.29) is 99.5 Å². The van der Waals surface area contributed by atoms with Crippen molar-refractivity contribution in [3.05, 3.63) is 107 Å². The van der Waals surface area contributed by atoms with E-state index in [0.717, 1.165) is 100 Å². The zero-order valence-electron chi connectivity index (χ0n) is 37.6. The van der Waals surface area contributed by atoms with Crippen molar-refractivity contribution in [2.24, 2.45) is 4.99 Å². The number of aromatic amines is 2. The van der Waals surface area contributed by atoms with E-state index in [1.807, 2.05) is 92.7 Å². The van der Waals surface area contributed by atoms with Gasteiger partial charge in [-0.05, 0) is 129 Å². The van der Waals surface area contributed by atoms with Crippen LogP contribution < -0.4 is 81.0 Å². The van der Waals surface area contributed by atoms with Gasteiger partial charge in [-0.3, -0.25) is 14.4 Å². The predicted octanol–water partition coefficient (Wildman–Crippen LogP) is 6.47. The molecule has 2 aliphatic carbocycles. The number of carbonyl (C=O) groups excluding carboxylic acids is 2. The molecule has 0 bridgehead atoms. The van der Waals surface area contributed by atoms with Crippen LogP contribution in [0.25, 0.3) is 21.8 Å². The number of ether oxygens (including phenoxy) is 4. The van der Waals surface area contributed by atoms with Gasteiger partial charge in [-0.15, -0.1) is 0 Å². The molecule has 6 aromatic rings. The van der Waals surface area contributed by atoms with Crippen LogP contribution in [0, 0.1) is 0 Å². The topological polar surface area (TPSA) is 206 Å². The molecular weight excluding hydrogens is 854 g/mol. The maximum atomic E-state index is 13.2. The molecule has 15 heteroatoms. The Morgan fingerprint density at radius 3 is 1.49 bits per heavy atom. The number of amides is 2. The number of fused-ring (bicyclic) bond motifs is 4. The third-order valence-corrected chi connectivity index (χ3v) is 13.3. The summed E-state index contributed by atoms with van der Waals surface area (Å²) in [7, 11) is 0. The molecular formula is C50H54KN5O9. The fraction of sp³-hybridized carbons (Fsp3) is 0.360. The number of aliphatic imine (C=N–C) groups is 1. The maximum absolute atomic E-state index is 13.2. The standard InChI is InChI=1S/C25H27N3O3.C25H26N2O5.K.H2O/c1-24(2,10-11-26-3)22-13-16-12-18(5-6-19(16)28-22)27-23(29)25(8-9-25)17-4-7-20-21(14-17)31-15-30-20;1-24(2,8-7-22(28)29)21-12-15-11-17(4-5-18(15)27-21)26-23(30)25(9-10-25)16-3-6-19-20(13-16)32-14-31-19;;/h4-7,12-14,28H,3,8-11,15H2,1-2H3,(H,27,29);3-6,11-13,27H,7-10,14H2,1-2H3,(H,26,30)(H,28,29);;1H2/q;;+1;/p-1. The number of rotatable bonds is 14. The summed E-state index contributed by atoms with van der Waals surface area (Å²) >= 11 is 0. The van der Waals surface area contributed by atoms with Crippen LogP contribution in [0.5, 0.6) is 23.0 Å². The Hall–Kier alpha value is -5.16. The molecule has 334 valence electrons. The van der Waals surface area contributed by atoms with Crippen LogP contribution in [0.4, 0.5) is 11.4 Å². The Kier molecular flexibility index (Phi) is 13.7. The Balaban J connectivity index is 0.000000188. The quantitative estimate of drug-likeness (QED) is 0.0599. The molecule has 2 amide bonds. The molecule has 2 aliphatic heterocycles. The van der Waals surface area contributed by atoms with Gasteiger partial charge in [-0.2, -0.15) is 0 Å². The number of nitrogens with zero attached hydrogens (tertiary/aromatic N) is 1. The minimum Gasteiger partial charge on any atom is -0.870 e. The average Bonchev–Trinajstić information content (AvgIpc) is 3.96. The van der Waals surface area contributed by atoms with Crippen molar-refractivity contribution in [3.63, 3.8) is 0 Å². The fourth-order valence-corrected chi connectivity index (χ4v) is 8.63. The summed E-state index contributed by atoms with van der Waals surface area (Å²) in [5.74, 6) is 2.06. The summed E-state index contributed by atoms with van der Waals surface area (Å²) in [6, 6.07) is 27.5. The minimum atomic E-state index is -0.796. The first-order chi connectivity index (χ1) is 30.2. The first-order valence-electron chi connectivity index (χ1n) is 21.5. The average molecular weight is 908 g/mol. The molecule has 2 saturated carbocycles. The van der Waals surface area contributed by atoms with Gasteiger partial charge in [0.1, 0.15) is 0 Å². The molecule has 10 rings (SSSR count). The molecule has 2 aromatic heterocycles. The van der Waals surface area contributed by atoms with Gasteiger partial charge in [0, 0.05) is 68.4 Å². The molecule has 4 aromatic carbocycles. The van der Waals surface area contributed by atoms with Gasteiger partial charge in [0.15, 0.2) is 23.0 Å². The zero-order valence-corrected chi connectivity index (χ0v) is 40.7. The van der Waals surface area contributed by atoms with Gasteiger partial charge in [0.25, 0.3) is 0 Å². The van der Waals surface area contributed by atoms with Gasteiger partial charge in [0.2, 0.25) is 25.4 Å². The fourth-order valence-electron chi connectivity index (χ4n) is 8.63. The summed E-state index contributed by atoms with van der Waals surface area (Å²) in [6.45, 7) is 13.2. The van der Waals surface area contributed by atoms with Crippen LogP contribution in [0.3, 0.4) is 0 Å². The van der Waals surface area contributed by atoms with Crippen LogP contribution in [0.1, 0.15) is 95.2 Å². The summed E-state index contributed by atoms with van der Waals surface area (Å²) in [4.78, 5) is 48.3. The number of nitrogens with one attached hydrogen (secondary N) is 4. The molecule has 0 radical (unpaired) electrons. The van der Waals surface area contributed by atoms with Gasteiger partial charge in [-0.25, -0.2) is 0 Å². The van der Waals surface area contributed by atoms with Crippen LogP contribution in [-0.4, -0.2) is 65.2 Å². The van der Waals surface area contributed by atoms with Crippen LogP contribution >= 0.6 is 0 Å². The largest absolute Gasteiger partial charge is 1.00 e. The molecule has 0 atom stereocenters. The monoisotopic (exact) mass is 907 g/mol. The Morgan fingerprint density at radius 1 is 0.646 bits per heavy atom. The number of H-pyrrole nitrogens is 2. The molecule has 2 fully saturated rings. The number of carboxylic acids is 1.